The lowest BCUT2D eigenvalue weighted by Crippen LogP contribution is -2.03. The molecule has 0 amide bonds. The number of carbonyl (C=O) groups is 1. The van der Waals surface area contributed by atoms with Crippen molar-refractivity contribution in [2.75, 3.05) is 0 Å². The van der Waals surface area contributed by atoms with Gasteiger partial charge in [-0.15, -0.1) is 0 Å². The van der Waals surface area contributed by atoms with Crippen molar-refractivity contribution < 1.29 is 14.3 Å². The van der Waals surface area contributed by atoms with Gasteiger partial charge >= 0.3 is 5.97 Å². The van der Waals surface area contributed by atoms with Gasteiger partial charge in [0.1, 0.15) is 6.67 Å². The highest BCUT2D eigenvalue weighted by atomic mass is 19.1. The first-order chi connectivity index (χ1) is 6.60. The van der Waals surface area contributed by atoms with Gasteiger partial charge in [-0.05, 0) is 30.2 Å². The fourth-order valence-corrected chi connectivity index (χ4v) is 1.19. The van der Waals surface area contributed by atoms with Crippen LogP contribution >= 0.6 is 0 Å². The van der Waals surface area contributed by atoms with E-state index in [9.17, 15) is 9.18 Å². The van der Waals surface area contributed by atoms with Crippen molar-refractivity contribution in [2.24, 2.45) is 0 Å². The first-order valence-electron chi connectivity index (χ1n) is 3.93. The van der Waals surface area contributed by atoms with E-state index < -0.39 is 12.6 Å². The number of halogens is 1. The zero-order valence-corrected chi connectivity index (χ0v) is 7.54. The third-order valence-corrected chi connectivity index (χ3v) is 1.97. The molecular weight excluding hydrogens is 185 g/mol. The number of hydrogen-bond donors (Lipinski definition) is 1. The molecule has 0 aliphatic heterocycles. The summed E-state index contributed by atoms with van der Waals surface area (Å²) in [5.74, 6) is -1.14. The Bertz CT molecular complexity index is 421. The Morgan fingerprint density at radius 3 is 2.71 bits per heavy atom. The number of carboxylic acids is 1. The molecule has 0 bridgehead atoms. The summed E-state index contributed by atoms with van der Waals surface area (Å²) in [6, 6.07) is 4.45. The summed E-state index contributed by atoms with van der Waals surface area (Å²) in [5, 5.41) is 17.5. The number of nitriles is 1. The Kier molecular flexibility index (Phi) is 2.82. The Hall–Kier alpha value is -1.89. The monoisotopic (exact) mass is 193 g/mol. The van der Waals surface area contributed by atoms with Gasteiger partial charge in [-0.1, -0.05) is 0 Å². The average Bonchev–Trinajstić information content (AvgIpc) is 2.17. The van der Waals surface area contributed by atoms with Crippen LogP contribution in [0.15, 0.2) is 12.1 Å². The first-order valence-corrected chi connectivity index (χ1v) is 3.93. The molecule has 0 saturated carbocycles. The molecule has 0 unspecified atom stereocenters. The quantitative estimate of drug-likeness (QED) is 0.781. The molecule has 72 valence electrons. The molecule has 0 aromatic heterocycles. The molecule has 0 aliphatic rings. The van der Waals surface area contributed by atoms with E-state index in [0.29, 0.717) is 5.56 Å². The molecule has 0 aliphatic carbocycles. The molecule has 1 rings (SSSR count). The van der Waals surface area contributed by atoms with Crippen molar-refractivity contribution in [3.8, 4) is 6.07 Å². The number of aromatic carboxylic acids is 1. The second kappa shape index (κ2) is 3.88. The fraction of sp³-hybridized carbons (Fsp3) is 0.200. The lowest BCUT2D eigenvalue weighted by atomic mass is 10.00. The van der Waals surface area contributed by atoms with Crippen molar-refractivity contribution in [3.05, 3.63) is 34.4 Å². The lowest BCUT2D eigenvalue weighted by molar-refractivity contribution is 0.0696. The minimum absolute atomic E-state index is 0.0169. The molecule has 3 nitrogen and oxygen atoms in total. The van der Waals surface area contributed by atoms with E-state index >= 15 is 0 Å². The fourth-order valence-electron chi connectivity index (χ4n) is 1.19. The van der Waals surface area contributed by atoms with Crippen LogP contribution in [0.2, 0.25) is 0 Å². The summed E-state index contributed by atoms with van der Waals surface area (Å²) in [4.78, 5) is 10.7. The van der Waals surface area contributed by atoms with E-state index in [-0.39, 0.29) is 16.7 Å². The zero-order valence-electron chi connectivity index (χ0n) is 7.54. The van der Waals surface area contributed by atoms with Crippen LogP contribution in [-0.4, -0.2) is 11.1 Å². The largest absolute Gasteiger partial charge is 0.478 e. The van der Waals surface area contributed by atoms with Gasteiger partial charge in [0, 0.05) is 0 Å². The van der Waals surface area contributed by atoms with Crippen LogP contribution in [0.5, 0.6) is 0 Å². The van der Waals surface area contributed by atoms with Crippen LogP contribution < -0.4 is 0 Å². The summed E-state index contributed by atoms with van der Waals surface area (Å²) >= 11 is 0. The minimum atomic E-state index is -1.14. The maximum absolute atomic E-state index is 12.3. The van der Waals surface area contributed by atoms with Crippen LogP contribution in [0.3, 0.4) is 0 Å². The molecule has 1 aromatic carbocycles. The van der Waals surface area contributed by atoms with Crippen molar-refractivity contribution in [1.82, 2.24) is 0 Å². The number of nitrogens with zero attached hydrogens (tertiary/aromatic N) is 1. The average molecular weight is 193 g/mol. The minimum Gasteiger partial charge on any atom is -0.478 e. The van der Waals surface area contributed by atoms with Gasteiger partial charge in [0.2, 0.25) is 0 Å². The molecule has 0 fully saturated rings. The Morgan fingerprint density at radius 1 is 1.64 bits per heavy atom. The van der Waals surface area contributed by atoms with Gasteiger partial charge in [-0.3, -0.25) is 0 Å². The van der Waals surface area contributed by atoms with Crippen LogP contribution in [0.4, 0.5) is 4.39 Å². The van der Waals surface area contributed by atoms with Gasteiger partial charge in [-0.25, -0.2) is 9.18 Å². The summed E-state index contributed by atoms with van der Waals surface area (Å²) in [6.07, 6.45) is 0. The Morgan fingerprint density at radius 2 is 2.29 bits per heavy atom. The molecule has 1 aromatic rings. The Labute approximate surface area is 80.4 Å². The third-order valence-electron chi connectivity index (χ3n) is 1.97. The van der Waals surface area contributed by atoms with Crippen molar-refractivity contribution >= 4 is 5.97 Å². The maximum atomic E-state index is 12.3. The number of rotatable bonds is 2. The number of hydrogen-bond acceptors (Lipinski definition) is 2. The van der Waals surface area contributed by atoms with E-state index in [2.05, 4.69) is 0 Å². The van der Waals surface area contributed by atoms with Crippen LogP contribution in [0.25, 0.3) is 0 Å². The zero-order chi connectivity index (χ0) is 10.7. The molecule has 0 spiro atoms. The predicted octanol–water partition coefficient (Wildman–Crippen LogP) is 2.03. The maximum Gasteiger partial charge on any atom is 0.336 e. The number of carboxylic acid groups (broad SMARTS) is 1. The topological polar surface area (TPSA) is 61.1 Å². The van der Waals surface area contributed by atoms with Gasteiger partial charge in [-0.2, -0.15) is 5.26 Å². The second-order valence-corrected chi connectivity index (χ2v) is 2.87. The third kappa shape index (κ3) is 1.72. The number of benzene rings is 1. The predicted molar refractivity (Wildman–Crippen MR) is 47.7 cm³/mol. The summed E-state index contributed by atoms with van der Waals surface area (Å²) in [7, 11) is 0. The highest BCUT2D eigenvalue weighted by Gasteiger charge is 2.12. The van der Waals surface area contributed by atoms with E-state index in [0.717, 1.165) is 0 Å². The molecule has 14 heavy (non-hydrogen) atoms. The van der Waals surface area contributed by atoms with E-state index in [1.54, 1.807) is 0 Å². The second-order valence-electron chi connectivity index (χ2n) is 2.87. The van der Waals surface area contributed by atoms with Gasteiger partial charge in [0.15, 0.2) is 0 Å². The van der Waals surface area contributed by atoms with Crippen molar-refractivity contribution in [3.63, 3.8) is 0 Å². The first kappa shape index (κ1) is 10.2. The smallest absolute Gasteiger partial charge is 0.336 e. The van der Waals surface area contributed by atoms with Gasteiger partial charge in [0.05, 0.1) is 17.2 Å². The normalized spacial score (nSPS) is 9.50. The molecule has 1 N–H and O–H groups in total. The van der Waals surface area contributed by atoms with Gasteiger partial charge < -0.3 is 5.11 Å². The molecular formula is C10H8FNO2. The summed E-state index contributed by atoms with van der Waals surface area (Å²) in [6.45, 7) is 0.763. The van der Waals surface area contributed by atoms with Crippen molar-refractivity contribution in [1.29, 1.82) is 5.26 Å². The Balaban J connectivity index is 3.44. The van der Waals surface area contributed by atoms with Crippen molar-refractivity contribution in [2.45, 2.75) is 13.6 Å². The van der Waals surface area contributed by atoms with Crippen LogP contribution in [-0.2, 0) is 6.67 Å². The standard InChI is InChI=1S/C10H8FNO2/c1-6-8(5-12)2-7(4-11)3-9(6)10(13)14/h2-3H,4H2,1H3,(H,13,14). The van der Waals surface area contributed by atoms with Gasteiger partial charge in [0.25, 0.3) is 0 Å². The van der Waals surface area contributed by atoms with Crippen LogP contribution in [0, 0.1) is 18.3 Å². The lowest BCUT2D eigenvalue weighted by Gasteiger charge is -2.04. The summed E-state index contributed by atoms with van der Waals surface area (Å²) < 4.78 is 12.3. The molecule has 4 heteroatoms. The van der Waals surface area contributed by atoms with Crippen LogP contribution in [0.1, 0.15) is 27.0 Å². The van der Waals surface area contributed by atoms with E-state index in [1.807, 2.05) is 6.07 Å². The summed E-state index contributed by atoms with van der Waals surface area (Å²) in [5.41, 5.74) is 0.774. The highest BCUT2D eigenvalue weighted by Crippen LogP contribution is 2.17. The van der Waals surface area contributed by atoms with E-state index in [4.69, 9.17) is 10.4 Å². The molecule has 0 radical (unpaired) electrons. The molecule has 0 atom stereocenters. The SMILES string of the molecule is Cc1c(C#N)cc(CF)cc1C(=O)O. The number of alkyl halides is 1. The van der Waals surface area contributed by atoms with E-state index in [1.165, 1.54) is 19.1 Å². The molecule has 0 heterocycles. The highest BCUT2D eigenvalue weighted by molar-refractivity contribution is 5.90. The molecule has 0 saturated heterocycles.